The van der Waals surface area contributed by atoms with Gasteiger partial charge in [-0.1, -0.05) is 25.1 Å². The highest BCUT2D eigenvalue weighted by Gasteiger charge is 2.26. The lowest BCUT2D eigenvalue weighted by molar-refractivity contribution is -0.135. The average Bonchev–Trinajstić information content (AvgIpc) is 2.40. The molecule has 2 unspecified atom stereocenters. The van der Waals surface area contributed by atoms with Crippen LogP contribution >= 0.6 is 0 Å². The van der Waals surface area contributed by atoms with Crippen molar-refractivity contribution >= 4 is 11.6 Å². The Balaban J connectivity index is 1.92. The Morgan fingerprint density at radius 3 is 2.79 bits per heavy atom. The first-order chi connectivity index (χ1) is 9.08. The van der Waals surface area contributed by atoms with Gasteiger partial charge in [-0.05, 0) is 43.7 Å². The standard InChI is InChI=1S/C16H24N2O/c1-12-7-8-13(2)18(11-12)16(19)10-9-14-5-3-4-6-15(14)17/h3-6,12-13H,7-11,17H2,1-2H3. The second-order valence-corrected chi connectivity index (χ2v) is 5.78. The molecule has 2 atom stereocenters. The lowest BCUT2D eigenvalue weighted by Crippen LogP contribution is -2.45. The number of para-hydroxylation sites is 1. The maximum absolute atomic E-state index is 12.3. The highest BCUT2D eigenvalue weighted by Crippen LogP contribution is 2.22. The molecule has 1 aliphatic rings. The van der Waals surface area contributed by atoms with E-state index in [2.05, 4.69) is 13.8 Å². The van der Waals surface area contributed by atoms with E-state index < -0.39 is 0 Å². The number of nitrogens with zero attached hydrogens (tertiary/aromatic N) is 1. The summed E-state index contributed by atoms with van der Waals surface area (Å²) in [6.45, 7) is 5.28. The summed E-state index contributed by atoms with van der Waals surface area (Å²) in [5.74, 6) is 0.893. The molecule has 1 aromatic carbocycles. The van der Waals surface area contributed by atoms with Gasteiger partial charge in [0.2, 0.25) is 5.91 Å². The van der Waals surface area contributed by atoms with Gasteiger partial charge in [-0.2, -0.15) is 0 Å². The van der Waals surface area contributed by atoms with E-state index in [4.69, 9.17) is 5.73 Å². The van der Waals surface area contributed by atoms with E-state index in [0.717, 1.165) is 30.6 Å². The number of nitrogens with two attached hydrogens (primary N) is 1. The van der Waals surface area contributed by atoms with Crippen molar-refractivity contribution in [3.8, 4) is 0 Å². The molecule has 1 saturated heterocycles. The Labute approximate surface area is 115 Å². The van der Waals surface area contributed by atoms with Gasteiger partial charge >= 0.3 is 0 Å². The average molecular weight is 260 g/mol. The lowest BCUT2D eigenvalue weighted by atomic mass is 9.94. The van der Waals surface area contributed by atoms with Gasteiger partial charge in [0.15, 0.2) is 0 Å². The summed E-state index contributed by atoms with van der Waals surface area (Å²) in [5.41, 5.74) is 7.77. The van der Waals surface area contributed by atoms with Gasteiger partial charge in [-0.15, -0.1) is 0 Å². The molecule has 3 heteroatoms. The predicted octanol–water partition coefficient (Wildman–Crippen LogP) is 2.85. The maximum Gasteiger partial charge on any atom is 0.223 e. The third-order valence-electron chi connectivity index (χ3n) is 4.10. The Morgan fingerprint density at radius 1 is 1.32 bits per heavy atom. The second kappa shape index (κ2) is 6.09. The van der Waals surface area contributed by atoms with Gasteiger partial charge in [0, 0.05) is 24.7 Å². The lowest BCUT2D eigenvalue weighted by Gasteiger charge is -2.37. The molecule has 0 spiro atoms. The molecule has 3 nitrogen and oxygen atoms in total. The van der Waals surface area contributed by atoms with Crippen LogP contribution in [0.25, 0.3) is 0 Å². The van der Waals surface area contributed by atoms with Crippen molar-refractivity contribution in [2.24, 2.45) is 5.92 Å². The topological polar surface area (TPSA) is 46.3 Å². The van der Waals surface area contributed by atoms with Gasteiger partial charge in [0.05, 0.1) is 0 Å². The fourth-order valence-electron chi connectivity index (χ4n) is 2.78. The number of aryl methyl sites for hydroxylation is 1. The minimum Gasteiger partial charge on any atom is -0.399 e. The number of amides is 1. The predicted molar refractivity (Wildman–Crippen MR) is 78.7 cm³/mol. The highest BCUT2D eigenvalue weighted by molar-refractivity contribution is 5.77. The van der Waals surface area contributed by atoms with Crippen LogP contribution in [0.4, 0.5) is 5.69 Å². The van der Waals surface area contributed by atoms with Crippen LogP contribution in [0.5, 0.6) is 0 Å². The van der Waals surface area contributed by atoms with Crippen molar-refractivity contribution in [3.05, 3.63) is 29.8 Å². The number of anilines is 1. The van der Waals surface area contributed by atoms with E-state index in [9.17, 15) is 4.79 Å². The monoisotopic (exact) mass is 260 g/mol. The molecule has 0 aromatic heterocycles. The summed E-state index contributed by atoms with van der Waals surface area (Å²) in [6.07, 6.45) is 3.66. The van der Waals surface area contributed by atoms with Crippen LogP contribution in [-0.4, -0.2) is 23.4 Å². The molecule has 0 bridgehead atoms. The molecule has 1 aromatic rings. The molecule has 104 valence electrons. The van der Waals surface area contributed by atoms with Crippen LogP contribution in [0.3, 0.4) is 0 Å². The van der Waals surface area contributed by atoms with E-state index in [1.54, 1.807) is 0 Å². The number of carbonyl (C=O) groups excluding carboxylic acids is 1. The molecule has 1 aliphatic heterocycles. The number of benzene rings is 1. The molecule has 1 amide bonds. The van der Waals surface area contributed by atoms with Crippen molar-refractivity contribution in [2.75, 3.05) is 12.3 Å². The summed E-state index contributed by atoms with van der Waals surface area (Å²) in [5, 5.41) is 0. The van der Waals surface area contributed by atoms with Crippen molar-refractivity contribution in [1.29, 1.82) is 0 Å². The SMILES string of the molecule is CC1CCC(C)N(C(=O)CCc2ccccc2N)C1. The summed E-state index contributed by atoms with van der Waals surface area (Å²) in [7, 11) is 0. The molecular formula is C16H24N2O. The van der Waals surface area contributed by atoms with E-state index in [1.807, 2.05) is 29.2 Å². The zero-order valence-corrected chi connectivity index (χ0v) is 11.9. The second-order valence-electron chi connectivity index (χ2n) is 5.78. The van der Waals surface area contributed by atoms with Crippen LogP contribution in [0, 0.1) is 5.92 Å². The van der Waals surface area contributed by atoms with Gasteiger partial charge < -0.3 is 10.6 Å². The Morgan fingerprint density at radius 2 is 2.05 bits per heavy atom. The number of nitrogen functional groups attached to an aromatic ring is 1. The highest BCUT2D eigenvalue weighted by atomic mass is 16.2. The molecular weight excluding hydrogens is 236 g/mol. The smallest absolute Gasteiger partial charge is 0.223 e. The first-order valence-electron chi connectivity index (χ1n) is 7.20. The largest absolute Gasteiger partial charge is 0.399 e. The first-order valence-corrected chi connectivity index (χ1v) is 7.20. The van der Waals surface area contributed by atoms with E-state index in [-0.39, 0.29) is 5.91 Å². The molecule has 1 fully saturated rings. The fraction of sp³-hybridized carbons (Fsp3) is 0.562. The van der Waals surface area contributed by atoms with Crippen LogP contribution in [0.1, 0.15) is 38.7 Å². The molecule has 0 aliphatic carbocycles. The number of piperidine rings is 1. The van der Waals surface area contributed by atoms with Crippen LogP contribution in [-0.2, 0) is 11.2 Å². The van der Waals surface area contributed by atoms with Gasteiger partial charge in [-0.25, -0.2) is 0 Å². The molecule has 0 radical (unpaired) electrons. The normalized spacial score (nSPS) is 23.4. The minimum atomic E-state index is 0.266. The van der Waals surface area contributed by atoms with Crippen molar-refractivity contribution in [3.63, 3.8) is 0 Å². The zero-order valence-electron chi connectivity index (χ0n) is 11.9. The van der Waals surface area contributed by atoms with Gasteiger partial charge in [0.1, 0.15) is 0 Å². The summed E-state index contributed by atoms with van der Waals surface area (Å²) >= 11 is 0. The Bertz CT molecular complexity index is 444. The zero-order chi connectivity index (χ0) is 13.8. The van der Waals surface area contributed by atoms with Crippen LogP contribution in [0.2, 0.25) is 0 Å². The third kappa shape index (κ3) is 3.49. The number of rotatable bonds is 3. The molecule has 0 saturated carbocycles. The van der Waals surface area contributed by atoms with Crippen molar-refractivity contribution in [1.82, 2.24) is 4.90 Å². The van der Waals surface area contributed by atoms with Crippen molar-refractivity contribution in [2.45, 2.75) is 45.6 Å². The van der Waals surface area contributed by atoms with Crippen LogP contribution in [0.15, 0.2) is 24.3 Å². The minimum absolute atomic E-state index is 0.266. The number of hydrogen-bond acceptors (Lipinski definition) is 2. The van der Waals surface area contributed by atoms with Crippen molar-refractivity contribution < 1.29 is 4.79 Å². The maximum atomic E-state index is 12.3. The number of likely N-dealkylation sites (tertiary alicyclic amines) is 1. The molecule has 19 heavy (non-hydrogen) atoms. The summed E-state index contributed by atoms with van der Waals surface area (Å²) in [6, 6.07) is 8.18. The number of carbonyl (C=O) groups is 1. The Kier molecular flexibility index (Phi) is 4.46. The summed E-state index contributed by atoms with van der Waals surface area (Å²) in [4.78, 5) is 14.4. The molecule has 2 N–H and O–H groups in total. The van der Waals surface area contributed by atoms with E-state index >= 15 is 0 Å². The molecule has 2 rings (SSSR count). The molecule has 1 heterocycles. The third-order valence-corrected chi connectivity index (χ3v) is 4.10. The quantitative estimate of drug-likeness (QED) is 0.849. The van der Waals surface area contributed by atoms with E-state index in [0.29, 0.717) is 18.4 Å². The van der Waals surface area contributed by atoms with E-state index in [1.165, 1.54) is 6.42 Å². The Hall–Kier alpha value is -1.51. The summed E-state index contributed by atoms with van der Waals surface area (Å²) < 4.78 is 0. The van der Waals surface area contributed by atoms with Crippen LogP contribution < -0.4 is 5.73 Å². The first kappa shape index (κ1) is 13.9. The number of hydrogen-bond donors (Lipinski definition) is 1. The fourth-order valence-corrected chi connectivity index (χ4v) is 2.78. The van der Waals surface area contributed by atoms with Gasteiger partial charge in [-0.3, -0.25) is 4.79 Å². The van der Waals surface area contributed by atoms with Gasteiger partial charge in [0.25, 0.3) is 0 Å².